The molecule has 0 N–H and O–H groups in total. The van der Waals surface area contributed by atoms with Crippen LogP contribution in [0, 0.1) is 0 Å². The van der Waals surface area contributed by atoms with Crippen LogP contribution < -0.4 is 4.90 Å². The van der Waals surface area contributed by atoms with Crippen molar-refractivity contribution in [1.29, 1.82) is 0 Å². The lowest BCUT2D eigenvalue weighted by atomic mass is 10.1. The largest absolute Gasteiger partial charge is 0.376 e. The van der Waals surface area contributed by atoms with Crippen LogP contribution in [0.15, 0.2) is 24.3 Å². The van der Waals surface area contributed by atoms with E-state index in [2.05, 4.69) is 9.80 Å². The van der Waals surface area contributed by atoms with E-state index in [0.717, 1.165) is 44.9 Å². The van der Waals surface area contributed by atoms with Gasteiger partial charge in [0.2, 0.25) is 0 Å². The third kappa shape index (κ3) is 3.85. The van der Waals surface area contributed by atoms with E-state index >= 15 is 0 Å². The lowest BCUT2D eigenvalue weighted by Crippen LogP contribution is -2.50. The molecule has 1 atom stereocenters. The van der Waals surface area contributed by atoms with Crippen molar-refractivity contribution in [3.8, 4) is 0 Å². The molecule has 5 heteroatoms. The number of hydrogen-bond acceptors (Lipinski definition) is 5. The number of ketones is 1. The van der Waals surface area contributed by atoms with E-state index in [-0.39, 0.29) is 11.9 Å². The van der Waals surface area contributed by atoms with Gasteiger partial charge in [-0.3, -0.25) is 9.69 Å². The molecule has 120 valence electrons. The molecule has 0 bridgehead atoms. The van der Waals surface area contributed by atoms with Crippen molar-refractivity contribution < 1.29 is 14.3 Å². The Morgan fingerprint density at radius 1 is 1.14 bits per heavy atom. The molecule has 2 fully saturated rings. The summed E-state index contributed by atoms with van der Waals surface area (Å²) in [5.41, 5.74) is 1.97. The highest BCUT2D eigenvalue weighted by molar-refractivity contribution is 5.94. The van der Waals surface area contributed by atoms with Gasteiger partial charge >= 0.3 is 0 Å². The summed E-state index contributed by atoms with van der Waals surface area (Å²) in [6.45, 7) is 8.80. The van der Waals surface area contributed by atoms with Crippen LogP contribution in [0.3, 0.4) is 0 Å². The fourth-order valence-electron chi connectivity index (χ4n) is 3.03. The minimum Gasteiger partial charge on any atom is -0.376 e. The third-order valence-electron chi connectivity index (χ3n) is 4.36. The summed E-state index contributed by atoms with van der Waals surface area (Å²) >= 11 is 0. The molecule has 2 heterocycles. The molecule has 0 amide bonds. The first kappa shape index (κ1) is 15.5. The summed E-state index contributed by atoms with van der Waals surface area (Å²) in [5, 5.41) is 0. The van der Waals surface area contributed by atoms with Crippen molar-refractivity contribution in [3.05, 3.63) is 29.8 Å². The van der Waals surface area contributed by atoms with Gasteiger partial charge in [-0.1, -0.05) is 0 Å². The van der Waals surface area contributed by atoms with Crippen molar-refractivity contribution in [2.45, 2.75) is 13.0 Å². The lowest BCUT2D eigenvalue weighted by molar-refractivity contribution is -0.0977. The first-order chi connectivity index (χ1) is 10.7. The zero-order valence-corrected chi connectivity index (χ0v) is 13.2. The predicted octanol–water partition coefficient (Wildman–Crippen LogP) is 1.43. The Hall–Kier alpha value is -1.43. The van der Waals surface area contributed by atoms with Crippen LogP contribution in [0.2, 0.25) is 0 Å². The Balaban J connectivity index is 1.49. The fraction of sp³-hybridized carbons (Fsp3) is 0.588. The maximum Gasteiger partial charge on any atom is 0.159 e. The second kappa shape index (κ2) is 7.22. The van der Waals surface area contributed by atoms with Gasteiger partial charge in [0, 0.05) is 44.0 Å². The fourth-order valence-corrected chi connectivity index (χ4v) is 3.03. The average molecular weight is 304 g/mol. The second-order valence-corrected chi connectivity index (χ2v) is 5.96. The smallest absolute Gasteiger partial charge is 0.159 e. The van der Waals surface area contributed by atoms with E-state index in [9.17, 15) is 4.79 Å². The number of hydrogen-bond donors (Lipinski definition) is 0. The number of benzene rings is 1. The predicted molar refractivity (Wildman–Crippen MR) is 85.7 cm³/mol. The number of piperazine rings is 1. The number of rotatable bonds is 4. The first-order valence-corrected chi connectivity index (χ1v) is 8.00. The monoisotopic (exact) mass is 304 g/mol. The van der Waals surface area contributed by atoms with Crippen LogP contribution in [0.4, 0.5) is 5.69 Å². The first-order valence-electron chi connectivity index (χ1n) is 8.00. The molecular formula is C17H24N2O3. The zero-order chi connectivity index (χ0) is 15.4. The van der Waals surface area contributed by atoms with Gasteiger partial charge in [-0.15, -0.1) is 0 Å². The van der Waals surface area contributed by atoms with Gasteiger partial charge in [0.1, 0.15) is 0 Å². The average Bonchev–Trinajstić information content (AvgIpc) is 2.57. The van der Waals surface area contributed by atoms with Gasteiger partial charge in [0.25, 0.3) is 0 Å². The topological polar surface area (TPSA) is 42.0 Å². The lowest BCUT2D eigenvalue weighted by Gasteiger charge is -2.38. The molecule has 0 radical (unpaired) electrons. The molecule has 2 aliphatic rings. The molecule has 5 nitrogen and oxygen atoms in total. The second-order valence-electron chi connectivity index (χ2n) is 5.96. The third-order valence-corrected chi connectivity index (χ3v) is 4.36. The van der Waals surface area contributed by atoms with E-state index in [1.165, 1.54) is 5.69 Å². The molecular weight excluding hydrogens is 280 g/mol. The van der Waals surface area contributed by atoms with Crippen LogP contribution in [0.1, 0.15) is 17.3 Å². The van der Waals surface area contributed by atoms with Gasteiger partial charge in [-0.2, -0.15) is 0 Å². The van der Waals surface area contributed by atoms with E-state index < -0.39 is 0 Å². The summed E-state index contributed by atoms with van der Waals surface area (Å²) in [4.78, 5) is 16.1. The molecule has 2 aliphatic heterocycles. The number of carbonyl (C=O) groups is 1. The maximum atomic E-state index is 11.3. The summed E-state index contributed by atoms with van der Waals surface area (Å²) < 4.78 is 11.2. The molecule has 1 aromatic rings. The van der Waals surface area contributed by atoms with Crippen LogP contribution in [-0.4, -0.2) is 69.3 Å². The summed E-state index contributed by atoms with van der Waals surface area (Å²) in [7, 11) is 0. The summed E-state index contributed by atoms with van der Waals surface area (Å²) in [5.74, 6) is 0.117. The van der Waals surface area contributed by atoms with Crippen LogP contribution >= 0.6 is 0 Å². The Labute approximate surface area is 131 Å². The highest BCUT2D eigenvalue weighted by Gasteiger charge is 2.22. The van der Waals surface area contributed by atoms with Crippen molar-refractivity contribution in [2.75, 3.05) is 57.4 Å². The number of carbonyl (C=O) groups excluding carboxylic acids is 1. The molecule has 0 spiro atoms. The summed E-state index contributed by atoms with van der Waals surface area (Å²) in [6.07, 6.45) is 0.218. The normalized spacial score (nSPS) is 23.5. The van der Waals surface area contributed by atoms with Gasteiger partial charge in [-0.05, 0) is 31.2 Å². The molecule has 22 heavy (non-hydrogen) atoms. The minimum atomic E-state index is 0.117. The Morgan fingerprint density at radius 2 is 1.86 bits per heavy atom. The maximum absolute atomic E-state index is 11.3. The van der Waals surface area contributed by atoms with Crippen LogP contribution in [0.25, 0.3) is 0 Å². The van der Waals surface area contributed by atoms with Crippen molar-refractivity contribution in [2.24, 2.45) is 0 Å². The molecule has 1 unspecified atom stereocenters. The molecule has 0 saturated carbocycles. The SMILES string of the molecule is CC(=O)c1ccc(N2CCN(CC3COCCO3)CC2)cc1. The van der Waals surface area contributed by atoms with E-state index in [1.807, 2.05) is 24.3 Å². The molecule has 0 aromatic heterocycles. The van der Waals surface area contributed by atoms with Crippen LogP contribution in [-0.2, 0) is 9.47 Å². The number of nitrogens with zero attached hydrogens (tertiary/aromatic N) is 2. The van der Waals surface area contributed by atoms with Crippen molar-refractivity contribution in [3.63, 3.8) is 0 Å². The minimum absolute atomic E-state index is 0.117. The summed E-state index contributed by atoms with van der Waals surface area (Å²) in [6, 6.07) is 7.92. The highest BCUT2D eigenvalue weighted by Crippen LogP contribution is 2.18. The standard InChI is InChI=1S/C17H24N2O3/c1-14(20)15-2-4-16(5-3-15)19-8-6-18(7-9-19)12-17-13-21-10-11-22-17/h2-5,17H,6-13H2,1H3. The Morgan fingerprint density at radius 3 is 2.45 bits per heavy atom. The van der Waals surface area contributed by atoms with Crippen molar-refractivity contribution in [1.82, 2.24) is 4.90 Å². The zero-order valence-electron chi connectivity index (χ0n) is 13.2. The van der Waals surface area contributed by atoms with Gasteiger partial charge in [-0.25, -0.2) is 0 Å². The molecule has 3 rings (SSSR count). The molecule has 2 saturated heterocycles. The molecule has 1 aromatic carbocycles. The number of ether oxygens (including phenoxy) is 2. The van der Waals surface area contributed by atoms with E-state index in [0.29, 0.717) is 13.2 Å². The van der Waals surface area contributed by atoms with Crippen molar-refractivity contribution >= 4 is 11.5 Å². The number of anilines is 1. The highest BCUT2D eigenvalue weighted by atomic mass is 16.6. The van der Waals surface area contributed by atoms with Gasteiger partial charge in [0.05, 0.1) is 25.9 Å². The van der Waals surface area contributed by atoms with E-state index in [1.54, 1.807) is 6.92 Å². The number of Topliss-reactive ketones (excluding diaryl/α,β-unsaturated/α-hetero) is 1. The van der Waals surface area contributed by atoms with Gasteiger partial charge < -0.3 is 14.4 Å². The van der Waals surface area contributed by atoms with E-state index in [4.69, 9.17) is 9.47 Å². The Kier molecular flexibility index (Phi) is 5.08. The molecule has 0 aliphatic carbocycles. The van der Waals surface area contributed by atoms with Gasteiger partial charge in [0.15, 0.2) is 5.78 Å². The Bertz CT molecular complexity index is 489. The quantitative estimate of drug-likeness (QED) is 0.787. The van der Waals surface area contributed by atoms with Crippen LogP contribution in [0.5, 0.6) is 0 Å².